The van der Waals surface area contributed by atoms with Gasteiger partial charge in [-0.15, -0.1) is 0 Å². The van der Waals surface area contributed by atoms with Gasteiger partial charge in [-0.2, -0.15) is 5.26 Å². The molecule has 1 amide bonds. The van der Waals surface area contributed by atoms with E-state index in [0.717, 1.165) is 5.82 Å². The molecule has 1 N–H and O–H groups in total. The van der Waals surface area contributed by atoms with E-state index in [9.17, 15) is 4.79 Å². The van der Waals surface area contributed by atoms with Gasteiger partial charge in [-0.3, -0.25) is 0 Å². The number of carbonyl (C=O) groups excluding carboxylic acids is 1. The Morgan fingerprint density at radius 1 is 1.50 bits per heavy atom. The fourth-order valence-corrected chi connectivity index (χ4v) is 1.87. The number of carbonyl (C=O) groups is 1. The predicted octanol–water partition coefficient (Wildman–Crippen LogP) is 1.67. The highest BCUT2D eigenvalue weighted by atomic mass is 16.6. The van der Waals surface area contributed by atoms with Gasteiger partial charge in [0.25, 0.3) is 0 Å². The van der Waals surface area contributed by atoms with Gasteiger partial charge >= 0.3 is 6.09 Å². The molecule has 0 unspecified atom stereocenters. The number of alkyl carbamates (subject to hydrolysis) is 1. The Balaban J connectivity index is 1.79. The summed E-state index contributed by atoms with van der Waals surface area (Å²) in [6.07, 6.45) is 1.15. The number of rotatable bonds is 2. The van der Waals surface area contributed by atoms with Crippen molar-refractivity contribution in [2.45, 2.75) is 32.4 Å². The molecule has 0 aromatic carbocycles. The fourth-order valence-electron chi connectivity index (χ4n) is 1.87. The highest BCUT2D eigenvalue weighted by Crippen LogP contribution is 2.18. The maximum atomic E-state index is 11.6. The van der Waals surface area contributed by atoms with Crippen LogP contribution in [0.3, 0.4) is 0 Å². The summed E-state index contributed by atoms with van der Waals surface area (Å²) in [5.74, 6) is 0.811. The SMILES string of the molecule is CC(C)(C)OC(=O)NC1CN(c2ccc(C#N)cn2)C1. The molecular weight excluding hydrogens is 256 g/mol. The molecule has 1 saturated heterocycles. The molecule has 0 saturated carbocycles. The van der Waals surface area contributed by atoms with Crippen molar-refractivity contribution >= 4 is 11.9 Å². The monoisotopic (exact) mass is 274 g/mol. The van der Waals surface area contributed by atoms with Gasteiger partial charge in [0.05, 0.1) is 11.6 Å². The third kappa shape index (κ3) is 3.60. The number of nitriles is 1. The molecule has 6 nitrogen and oxygen atoms in total. The van der Waals surface area contributed by atoms with E-state index in [0.29, 0.717) is 18.7 Å². The summed E-state index contributed by atoms with van der Waals surface area (Å²) < 4.78 is 5.20. The van der Waals surface area contributed by atoms with E-state index < -0.39 is 11.7 Å². The van der Waals surface area contributed by atoms with Crippen molar-refractivity contribution in [1.29, 1.82) is 5.26 Å². The molecule has 6 heteroatoms. The molecular formula is C14H18N4O2. The molecule has 2 rings (SSSR count). The van der Waals surface area contributed by atoms with Crippen LogP contribution in [0.2, 0.25) is 0 Å². The van der Waals surface area contributed by atoms with Crippen LogP contribution in [-0.2, 0) is 4.74 Å². The van der Waals surface area contributed by atoms with Gasteiger partial charge < -0.3 is 15.0 Å². The molecule has 2 heterocycles. The maximum Gasteiger partial charge on any atom is 0.407 e. The summed E-state index contributed by atoms with van der Waals surface area (Å²) >= 11 is 0. The summed E-state index contributed by atoms with van der Waals surface area (Å²) in [4.78, 5) is 17.8. The number of nitrogens with one attached hydrogen (secondary N) is 1. The van der Waals surface area contributed by atoms with Crippen molar-refractivity contribution in [2.24, 2.45) is 0 Å². The van der Waals surface area contributed by atoms with Gasteiger partial charge in [0.15, 0.2) is 0 Å². The van der Waals surface area contributed by atoms with Gasteiger partial charge in [-0.1, -0.05) is 0 Å². The molecule has 1 aliphatic heterocycles. The summed E-state index contributed by atoms with van der Waals surface area (Å²) in [5.41, 5.74) is 0.0556. The van der Waals surface area contributed by atoms with E-state index in [-0.39, 0.29) is 6.04 Å². The van der Waals surface area contributed by atoms with Gasteiger partial charge in [0, 0.05) is 19.3 Å². The van der Waals surface area contributed by atoms with Crippen LogP contribution in [0.4, 0.5) is 10.6 Å². The van der Waals surface area contributed by atoms with Crippen molar-refractivity contribution in [2.75, 3.05) is 18.0 Å². The largest absolute Gasteiger partial charge is 0.444 e. The second-order valence-corrected chi connectivity index (χ2v) is 5.77. The smallest absolute Gasteiger partial charge is 0.407 e. The molecule has 0 radical (unpaired) electrons. The highest BCUT2D eigenvalue weighted by molar-refractivity contribution is 5.68. The third-order valence-electron chi connectivity index (χ3n) is 2.80. The van der Waals surface area contributed by atoms with Crippen LogP contribution in [0.15, 0.2) is 18.3 Å². The zero-order chi connectivity index (χ0) is 14.8. The van der Waals surface area contributed by atoms with Crippen LogP contribution in [0.25, 0.3) is 0 Å². The fraction of sp³-hybridized carbons (Fsp3) is 0.500. The number of hydrogen-bond acceptors (Lipinski definition) is 5. The zero-order valence-electron chi connectivity index (χ0n) is 11.9. The quantitative estimate of drug-likeness (QED) is 0.887. The minimum Gasteiger partial charge on any atom is -0.444 e. The van der Waals surface area contributed by atoms with Crippen molar-refractivity contribution < 1.29 is 9.53 Å². The van der Waals surface area contributed by atoms with Crippen molar-refractivity contribution in [3.63, 3.8) is 0 Å². The number of nitrogens with zero attached hydrogens (tertiary/aromatic N) is 3. The summed E-state index contributed by atoms with van der Waals surface area (Å²) in [6, 6.07) is 5.64. The van der Waals surface area contributed by atoms with E-state index >= 15 is 0 Å². The van der Waals surface area contributed by atoms with Gasteiger partial charge in [-0.25, -0.2) is 9.78 Å². The third-order valence-corrected chi connectivity index (χ3v) is 2.80. The molecule has 0 aliphatic carbocycles. The summed E-state index contributed by atoms with van der Waals surface area (Å²) in [7, 11) is 0. The summed E-state index contributed by atoms with van der Waals surface area (Å²) in [6.45, 7) is 6.89. The number of ether oxygens (including phenoxy) is 1. The average molecular weight is 274 g/mol. The lowest BCUT2D eigenvalue weighted by molar-refractivity contribution is 0.0496. The number of pyridine rings is 1. The summed E-state index contributed by atoms with van der Waals surface area (Å²) in [5, 5.41) is 11.5. The Hall–Kier alpha value is -2.29. The van der Waals surface area contributed by atoms with Crippen LogP contribution in [0.5, 0.6) is 0 Å². The average Bonchev–Trinajstić information content (AvgIpc) is 2.31. The number of hydrogen-bond donors (Lipinski definition) is 1. The Kier molecular flexibility index (Phi) is 3.79. The molecule has 0 spiro atoms. The Morgan fingerprint density at radius 3 is 2.70 bits per heavy atom. The minimum absolute atomic E-state index is 0.0716. The number of amides is 1. The second-order valence-electron chi connectivity index (χ2n) is 5.77. The molecule has 1 aromatic heterocycles. The van der Waals surface area contributed by atoms with Crippen LogP contribution in [0, 0.1) is 11.3 Å². The van der Waals surface area contributed by atoms with Crippen molar-refractivity contribution in [3.05, 3.63) is 23.9 Å². The lowest BCUT2D eigenvalue weighted by Gasteiger charge is -2.40. The molecule has 106 valence electrons. The molecule has 0 atom stereocenters. The Labute approximate surface area is 118 Å². The van der Waals surface area contributed by atoms with Crippen LogP contribution < -0.4 is 10.2 Å². The topological polar surface area (TPSA) is 78.2 Å². The van der Waals surface area contributed by atoms with Gasteiger partial charge in [-0.05, 0) is 32.9 Å². The number of aromatic nitrogens is 1. The van der Waals surface area contributed by atoms with E-state index in [2.05, 4.69) is 10.3 Å². The van der Waals surface area contributed by atoms with Crippen LogP contribution in [-0.4, -0.2) is 35.8 Å². The molecule has 1 fully saturated rings. The lowest BCUT2D eigenvalue weighted by atomic mass is 10.1. The zero-order valence-corrected chi connectivity index (χ0v) is 11.9. The Bertz CT molecular complexity index is 522. The number of anilines is 1. The second kappa shape index (κ2) is 5.37. The first kappa shape index (κ1) is 14.1. The van der Waals surface area contributed by atoms with Crippen molar-refractivity contribution in [1.82, 2.24) is 10.3 Å². The van der Waals surface area contributed by atoms with E-state index in [1.54, 1.807) is 12.3 Å². The van der Waals surface area contributed by atoms with Crippen molar-refractivity contribution in [3.8, 4) is 6.07 Å². The van der Waals surface area contributed by atoms with E-state index in [4.69, 9.17) is 10.00 Å². The first-order valence-corrected chi connectivity index (χ1v) is 6.48. The predicted molar refractivity (Wildman–Crippen MR) is 74.3 cm³/mol. The molecule has 1 aliphatic rings. The first-order chi connectivity index (χ1) is 9.37. The minimum atomic E-state index is -0.484. The molecule has 20 heavy (non-hydrogen) atoms. The van der Waals surface area contributed by atoms with E-state index in [1.165, 1.54) is 0 Å². The molecule has 0 bridgehead atoms. The van der Waals surface area contributed by atoms with Gasteiger partial charge in [0.1, 0.15) is 17.5 Å². The van der Waals surface area contributed by atoms with E-state index in [1.807, 2.05) is 37.8 Å². The standard InChI is InChI=1S/C14H18N4O2/c1-14(2,3)20-13(19)17-11-8-18(9-11)12-5-4-10(6-15)7-16-12/h4-5,7,11H,8-9H2,1-3H3,(H,17,19). The van der Waals surface area contributed by atoms with Crippen LogP contribution in [0.1, 0.15) is 26.3 Å². The normalized spacial score (nSPS) is 15.2. The maximum absolute atomic E-state index is 11.6. The van der Waals surface area contributed by atoms with Crippen LogP contribution >= 0.6 is 0 Å². The first-order valence-electron chi connectivity index (χ1n) is 6.48. The lowest BCUT2D eigenvalue weighted by Crippen LogP contribution is -2.60. The highest BCUT2D eigenvalue weighted by Gasteiger charge is 2.30. The Morgan fingerprint density at radius 2 is 2.20 bits per heavy atom. The van der Waals surface area contributed by atoms with Gasteiger partial charge in [0.2, 0.25) is 0 Å². The molecule has 1 aromatic rings.